The molecular formula is C16H26ClN3O. The van der Waals surface area contributed by atoms with E-state index in [1.807, 2.05) is 30.0 Å². The lowest BCUT2D eigenvalue weighted by atomic mass is 10.1. The predicted molar refractivity (Wildman–Crippen MR) is 88.4 cm³/mol. The third-order valence-corrected chi connectivity index (χ3v) is 3.85. The average molecular weight is 312 g/mol. The third kappa shape index (κ3) is 5.65. The van der Waals surface area contributed by atoms with Gasteiger partial charge in [-0.1, -0.05) is 30.3 Å². The van der Waals surface area contributed by atoms with E-state index in [4.69, 9.17) is 5.73 Å². The summed E-state index contributed by atoms with van der Waals surface area (Å²) in [6.07, 6.45) is 2.17. The Morgan fingerprint density at radius 2 is 2.10 bits per heavy atom. The van der Waals surface area contributed by atoms with Crippen LogP contribution in [0.2, 0.25) is 0 Å². The molecule has 0 spiro atoms. The Kier molecular flexibility index (Phi) is 7.72. The van der Waals surface area contributed by atoms with Crippen molar-refractivity contribution in [3.63, 3.8) is 0 Å². The molecule has 2 N–H and O–H groups in total. The minimum Gasteiger partial charge on any atom is -0.338 e. The van der Waals surface area contributed by atoms with Crippen LogP contribution in [0, 0.1) is 0 Å². The molecule has 1 heterocycles. The van der Waals surface area contributed by atoms with Gasteiger partial charge in [0, 0.05) is 25.7 Å². The molecule has 1 aromatic rings. The number of likely N-dealkylation sites (N-methyl/N-ethyl adjacent to an activating group) is 1. The molecule has 21 heavy (non-hydrogen) atoms. The van der Waals surface area contributed by atoms with Gasteiger partial charge < -0.3 is 10.6 Å². The fourth-order valence-corrected chi connectivity index (χ4v) is 2.71. The fourth-order valence-electron chi connectivity index (χ4n) is 2.71. The van der Waals surface area contributed by atoms with Crippen LogP contribution in [0.3, 0.4) is 0 Å². The van der Waals surface area contributed by atoms with Crippen molar-refractivity contribution in [3.8, 4) is 0 Å². The van der Waals surface area contributed by atoms with Gasteiger partial charge in [0.05, 0.1) is 6.54 Å². The van der Waals surface area contributed by atoms with Gasteiger partial charge in [0.2, 0.25) is 5.91 Å². The van der Waals surface area contributed by atoms with Crippen LogP contribution in [0.25, 0.3) is 0 Å². The summed E-state index contributed by atoms with van der Waals surface area (Å²) in [5.41, 5.74) is 7.15. The Morgan fingerprint density at radius 1 is 1.38 bits per heavy atom. The van der Waals surface area contributed by atoms with Gasteiger partial charge in [-0.15, -0.1) is 12.4 Å². The molecule has 0 aliphatic carbocycles. The van der Waals surface area contributed by atoms with Crippen molar-refractivity contribution in [2.75, 3.05) is 26.2 Å². The normalized spacial score (nSPS) is 18.9. The highest BCUT2D eigenvalue weighted by Crippen LogP contribution is 2.10. The van der Waals surface area contributed by atoms with Crippen LogP contribution in [0.1, 0.15) is 25.3 Å². The second-order valence-corrected chi connectivity index (χ2v) is 5.53. The number of rotatable bonds is 5. The van der Waals surface area contributed by atoms with Gasteiger partial charge in [0.1, 0.15) is 0 Å². The zero-order chi connectivity index (χ0) is 14.4. The maximum absolute atomic E-state index is 12.4. The van der Waals surface area contributed by atoms with Gasteiger partial charge in [-0.2, -0.15) is 0 Å². The number of hydrogen-bond acceptors (Lipinski definition) is 3. The van der Waals surface area contributed by atoms with E-state index in [1.54, 1.807) is 0 Å². The lowest BCUT2D eigenvalue weighted by Crippen LogP contribution is -2.47. The van der Waals surface area contributed by atoms with Crippen molar-refractivity contribution >= 4 is 18.3 Å². The molecule has 1 unspecified atom stereocenters. The van der Waals surface area contributed by atoms with E-state index in [0.717, 1.165) is 32.5 Å². The molecular weight excluding hydrogens is 286 g/mol. The first-order valence-corrected chi connectivity index (χ1v) is 7.48. The maximum atomic E-state index is 12.4. The van der Waals surface area contributed by atoms with E-state index < -0.39 is 0 Å². The summed E-state index contributed by atoms with van der Waals surface area (Å²) in [6.45, 7) is 5.79. The Bertz CT molecular complexity index is 427. The summed E-state index contributed by atoms with van der Waals surface area (Å²) in [6, 6.07) is 10.4. The molecule has 1 atom stereocenters. The molecule has 1 aliphatic heterocycles. The zero-order valence-electron chi connectivity index (χ0n) is 12.7. The van der Waals surface area contributed by atoms with Crippen molar-refractivity contribution < 1.29 is 4.79 Å². The number of nitrogens with zero attached hydrogens (tertiary/aromatic N) is 2. The van der Waals surface area contributed by atoms with Crippen LogP contribution in [-0.2, 0) is 11.3 Å². The molecule has 1 amide bonds. The monoisotopic (exact) mass is 311 g/mol. The van der Waals surface area contributed by atoms with Crippen molar-refractivity contribution in [2.24, 2.45) is 5.73 Å². The van der Waals surface area contributed by atoms with E-state index in [1.165, 1.54) is 5.56 Å². The van der Waals surface area contributed by atoms with E-state index in [2.05, 4.69) is 17.0 Å². The van der Waals surface area contributed by atoms with Crippen LogP contribution >= 0.6 is 12.4 Å². The van der Waals surface area contributed by atoms with E-state index in [-0.39, 0.29) is 24.4 Å². The van der Waals surface area contributed by atoms with E-state index in [9.17, 15) is 4.79 Å². The summed E-state index contributed by atoms with van der Waals surface area (Å²) >= 11 is 0. The van der Waals surface area contributed by atoms with Crippen LogP contribution < -0.4 is 5.73 Å². The van der Waals surface area contributed by atoms with Crippen LogP contribution in [-0.4, -0.2) is 47.9 Å². The number of carbonyl (C=O) groups is 1. The number of likely N-dealkylation sites (tertiary alicyclic amines) is 1. The zero-order valence-corrected chi connectivity index (χ0v) is 13.5. The number of benzene rings is 1. The molecule has 1 saturated heterocycles. The molecule has 118 valence electrons. The van der Waals surface area contributed by atoms with Crippen LogP contribution in [0.15, 0.2) is 30.3 Å². The summed E-state index contributed by atoms with van der Waals surface area (Å²) in [4.78, 5) is 16.5. The SMILES string of the molecule is CCN(Cc1ccccc1)C(=O)CN1CCCC(N)C1.Cl. The molecule has 4 nitrogen and oxygen atoms in total. The predicted octanol–water partition coefficient (Wildman–Crippen LogP) is 1.88. The van der Waals surface area contributed by atoms with Crippen molar-refractivity contribution in [1.82, 2.24) is 9.80 Å². The number of nitrogens with two attached hydrogens (primary N) is 1. The Hall–Kier alpha value is -1.10. The molecule has 0 radical (unpaired) electrons. The van der Waals surface area contributed by atoms with E-state index >= 15 is 0 Å². The van der Waals surface area contributed by atoms with Crippen molar-refractivity contribution in [1.29, 1.82) is 0 Å². The topological polar surface area (TPSA) is 49.6 Å². The number of piperidine rings is 1. The number of hydrogen-bond donors (Lipinski definition) is 1. The largest absolute Gasteiger partial charge is 0.338 e. The first-order valence-electron chi connectivity index (χ1n) is 7.48. The molecule has 0 bridgehead atoms. The maximum Gasteiger partial charge on any atom is 0.237 e. The first kappa shape index (κ1) is 18.0. The number of amides is 1. The second kappa shape index (κ2) is 9.03. The van der Waals surface area contributed by atoms with Crippen LogP contribution in [0.4, 0.5) is 0 Å². The van der Waals surface area contributed by atoms with Gasteiger partial charge in [-0.3, -0.25) is 9.69 Å². The molecule has 5 heteroatoms. The standard InChI is InChI=1S/C16H25N3O.ClH/c1-2-19(11-14-7-4-3-5-8-14)16(20)13-18-10-6-9-15(17)12-18;/h3-5,7-8,15H,2,6,9-13,17H2,1H3;1H. The smallest absolute Gasteiger partial charge is 0.237 e. The number of carbonyl (C=O) groups excluding carboxylic acids is 1. The summed E-state index contributed by atoms with van der Waals surface area (Å²) < 4.78 is 0. The van der Waals surface area contributed by atoms with Gasteiger partial charge in [-0.25, -0.2) is 0 Å². The summed E-state index contributed by atoms with van der Waals surface area (Å²) in [5.74, 6) is 0.199. The highest BCUT2D eigenvalue weighted by atomic mass is 35.5. The molecule has 0 aromatic heterocycles. The highest BCUT2D eigenvalue weighted by Gasteiger charge is 2.21. The van der Waals surface area contributed by atoms with Crippen LogP contribution in [0.5, 0.6) is 0 Å². The van der Waals surface area contributed by atoms with Gasteiger partial charge in [0.15, 0.2) is 0 Å². The summed E-state index contributed by atoms with van der Waals surface area (Å²) in [5, 5.41) is 0. The lowest BCUT2D eigenvalue weighted by Gasteiger charge is -2.32. The second-order valence-electron chi connectivity index (χ2n) is 5.53. The van der Waals surface area contributed by atoms with Crippen molar-refractivity contribution in [3.05, 3.63) is 35.9 Å². The lowest BCUT2D eigenvalue weighted by molar-refractivity contribution is -0.133. The van der Waals surface area contributed by atoms with Gasteiger partial charge in [0.25, 0.3) is 0 Å². The minimum atomic E-state index is 0. The first-order chi connectivity index (χ1) is 9.69. The molecule has 1 fully saturated rings. The molecule has 1 aliphatic rings. The third-order valence-electron chi connectivity index (χ3n) is 3.85. The molecule has 0 saturated carbocycles. The Labute approximate surface area is 133 Å². The van der Waals surface area contributed by atoms with Crippen molar-refractivity contribution in [2.45, 2.75) is 32.4 Å². The molecule has 2 rings (SSSR count). The van der Waals surface area contributed by atoms with Gasteiger partial charge >= 0.3 is 0 Å². The average Bonchev–Trinajstić information content (AvgIpc) is 2.45. The molecule has 1 aromatic carbocycles. The summed E-state index contributed by atoms with van der Waals surface area (Å²) in [7, 11) is 0. The quantitative estimate of drug-likeness (QED) is 0.903. The Balaban J connectivity index is 0.00000220. The van der Waals surface area contributed by atoms with E-state index in [0.29, 0.717) is 13.1 Å². The highest BCUT2D eigenvalue weighted by molar-refractivity contribution is 5.85. The minimum absolute atomic E-state index is 0. The number of halogens is 1. The fraction of sp³-hybridized carbons (Fsp3) is 0.562. The van der Waals surface area contributed by atoms with Gasteiger partial charge in [-0.05, 0) is 31.9 Å². The Morgan fingerprint density at radius 3 is 2.71 bits per heavy atom.